The van der Waals surface area contributed by atoms with Crippen LogP contribution in [-0.4, -0.2) is 51.1 Å². The summed E-state index contributed by atoms with van der Waals surface area (Å²) in [5.74, 6) is 0.984. The molecule has 0 bridgehead atoms. The second-order valence-electron chi connectivity index (χ2n) is 4.11. The second kappa shape index (κ2) is 5.57. The monoisotopic (exact) mass is 232 g/mol. The van der Waals surface area contributed by atoms with E-state index in [1.807, 2.05) is 14.1 Å². The number of nitrogens with zero attached hydrogens (tertiary/aromatic N) is 3. The number of anilines is 1. The summed E-state index contributed by atoms with van der Waals surface area (Å²) in [7, 11) is 3.75. The number of para-hydroxylation sites is 1. The van der Waals surface area contributed by atoms with E-state index in [9.17, 15) is 0 Å². The molecule has 92 valence electrons. The summed E-state index contributed by atoms with van der Waals surface area (Å²) in [6, 6.07) is 10.6. The fourth-order valence-electron chi connectivity index (χ4n) is 2.23. The van der Waals surface area contributed by atoms with Crippen molar-refractivity contribution in [3.05, 3.63) is 30.3 Å². The van der Waals surface area contributed by atoms with Gasteiger partial charge in [0, 0.05) is 46.0 Å². The van der Waals surface area contributed by atoms with Crippen LogP contribution in [0.5, 0.6) is 0 Å². The lowest BCUT2D eigenvalue weighted by atomic mass is 10.2. The number of rotatable bonds is 1. The van der Waals surface area contributed by atoms with E-state index >= 15 is 0 Å². The Morgan fingerprint density at radius 3 is 2.29 bits per heavy atom. The van der Waals surface area contributed by atoms with E-state index < -0.39 is 0 Å². The van der Waals surface area contributed by atoms with E-state index in [1.165, 1.54) is 5.69 Å². The molecular formula is C13H20N4. The van der Waals surface area contributed by atoms with Crippen LogP contribution >= 0.6 is 0 Å². The number of hydrogen-bond acceptors (Lipinski definition) is 2. The van der Waals surface area contributed by atoms with Crippen LogP contribution in [0.2, 0.25) is 0 Å². The summed E-state index contributed by atoms with van der Waals surface area (Å²) in [4.78, 5) is 8.95. The Morgan fingerprint density at radius 2 is 1.76 bits per heavy atom. The van der Waals surface area contributed by atoms with Crippen LogP contribution in [0.15, 0.2) is 35.3 Å². The molecule has 17 heavy (non-hydrogen) atoms. The van der Waals surface area contributed by atoms with Gasteiger partial charge in [0.2, 0.25) is 0 Å². The van der Waals surface area contributed by atoms with Crippen LogP contribution in [0.4, 0.5) is 5.69 Å². The summed E-state index contributed by atoms with van der Waals surface area (Å²) >= 11 is 0. The third kappa shape index (κ3) is 2.70. The fourth-order valence-corrected chi connectivity index (χ4v) is 2.23. The van der Waals surface area contributed by atoms with Crippen molar-refractivity contribution < 1.29 is 0 Å². The minimum Gasteiger partial charge on any atom is -0.368 e. The zero-order valence-corrected chi connectivity index (χ0v) is 10.6. The first-order valence-corrected chi connectivity index (χ1v) is 6.04. The van der Waals surface area contributed by atoms with E-state index in [0.717, 1.165) is 32.1 Å². The highest BCUT2D eigenvalue weighted by Gasteiger charge is 2.18. The average molecular weight is 232 g/mol. The highest BCUT2D eigenvalue weighted by Crippen LogP contribution is 2.15. The molecule has 1 aromatic carbocycles. The molecule has 0 radical (unpaired) electrons. The van der Waals surface area contributed by atoms with E-state index in [-0.39, 0.29) is 0 Å². The topological polar surface area (TPSA) is 30.9 Å². The summed E-state index contributed by atoms with van der Waals surface area (Å²) in [6.07, 6.45) is 0. The molecule has 1 heterocycles. The van der Waals surface area contributed by atoms with E-state index in [0.29, 0.717) is 0 Å². The third-order valence-electron chi connectivity index (χ3n) is 3.14. The summed E-state index contributed by atoms with van der Waals surface area (Å²) in [6.45, 7) is 4.13. The van der Waals surface area contributed by atoms with E-state index in [2.05, 4.69) is 50.4 Å². The predicted octanol–water partition coefficient (Wildman–Crippen LogP) is 1.01. The highest BCUT2D eigenvalue weighted by molar-refractivity contribution is 5.79. The molecule has 0 aromatic heterocycles. The summed E-state index contributed by atoms with van der Waals surface area (Å²) in [5, 5.41) is 3.13. The van der Waals surface area contributed by atoms with Crippen molar-refractivity contribution >= 4 is 11.6 Å². The number of piperazine rings is 1. The van der Waals surface area contributed by atoms with Crippen molar-refractivity contribution in [1.29, 1.82) is 0 Å². The quantitative estimate of drug-likeness (QED) is 0.579. The van der Waals surface area contributed by atoms with Crippen LogP contribution in [0.3, 0.4) is 0 Å². The van der Waals surface area contributed by atoms with Gasteiger partial charge in [-0.15, -0.1) is 0 Å². The molecule has 0 saturated carbocycles. The molecule has 2 rings (SSSR count). The zero-order valence-electron chi connectivity index (χ0n) is 10.6. The standard InChI is InChI=1S/C13H20N4/c1-14-13(15-2)17-10-8-16(9-11-17)12-6-4-3-5-7-12/h3-7H,8-11H2,1-2H3,(H,14,15). The molecule has 1 aliphatic rings. The summed E-state index contributed by atoms with van der Waals surface area (Å²) < 4.78 is 0. The Labute approximate surface area is 103 Å². The fraction of sp³-hybridized carbons (Fsp3) is 0.462. The number of nitrogens with one attached hydrogen (secondary N) is 1. The molecule has 0 spiro atoms. The van der Waals surface area contributed by atoms with Gasteiger partial charge in [0.25, 0.3) is 0 Å². The van der Waals surface area contributed by atoms with Gasteiger partial charge in [-0.25, -0.2) is 0 Å². The Kier molecular flexibility index (Phi) is 3.85. The molecule has 0 atom stereocenters. The molecule has 4 nitrogen and oxygen atoms in total. The number of hydrogen-bond donors (Lipinski definition) is 1. The van der Waals surface area contributed by atoms with Gasteiger partial charge in [-0.05, 0) is 12.1 Å². The molecule has 1 fully saturated rings. The van der Waals surface area contributed by atoms with Gasteiger partial charge in [0.1, 0.15) is 0 Å². The van der Waals surface area contributed by atoms with Gasteiger partial charge >= 0.3 is 0 Å². The normalized spacial score (nSPS) is 17.2. The maximum atomic E-state index is 4.24. The van der Waals surface area contributed by atoms with Crippen LogP contribution in [0, 0.1) is 0 Å². The van der Waals surface area contributed by atoms with Gasteiger partial charge < -0.3 is 15.1 Å². The SMILES string of the molecule is CN=C(NC)N1CCN(c2ccccc2)CC1. The van der Waals surface area contributed by atoms with Crippen molar-refractivity contribution in [3.63, 3.8) is 0 Å². The molecule has 0 unspecified atom stereocenters. The van der Waals surface area contributed by atoms with Crippen LogP contribution < -0.4 is 10.2 Å². The predicted molar refractivity (Wildman–Crippen MR) is 72.6 cm³/mol. The number of aliphatic imine (C=N–C) groups is 1. The first kappa shape index (κ1) is 11.8. The number of guanidine groups is 1. The Hall–Kier alpha value is -1.71. The van der Waals surface area contributed by atoms with Gasteiger partial charge in [0.15, 0.2) is 5.96 Å². The van der Waals surface area contributed by atoms with Gasteiger partial charge in [-0.1, -0.05) is 18.2 Å². The Balaban J connectivity index is 1.95. The van der Waals surface area contributed by atoms with Gasteiger partial charge in [-0.3, -0.25) is 4.99 Å². The maximum absolute atomic E-state index is 4.24. The Morgan fingerprint density at radius 1 is 1.12 bits per heavy atom. The van der Waals surface area contributed by atoms with Crippen LogP contribution in [0.25, 0.3) is 0 Å². The minimum absolute atomic E-state index is 0.984. The summed E-state index contributed by atoms with van der Waals surface area (Å²) in [5.41, 5.74) is 1.31. The molecule has 1 saturated heterocycles. The van der Waals surface area contributed by atoms with Crippen molar-refractivity contribution in [1.82, 2.24) is 10.2 Å². The second-order valence-corrected chi connectivity index (χ2v) is 4.11. The van der Waals surface area contributed by atoms with Crippen molar-refractivity contribution in [2.75, 3.05) is 45.2 Å². The Bertz CT molecular complexity index is 366. The van der Waals surface area contributed by atoms with Gasteiger partial charge in [0.05, 0.1) is 0 Å². The lowest BCUT2D eigenvalue weighted by Gasteiger charge is -2.37. The first-order chi connectivity index (χ1) is 8.35. The van der Waals surface area contributed by atoms with Crippen molar-refractivity contribution in [3.8, 4) is 0 Å². The lowest BCUT2D eigenvalue weighted by molar-refractivity contribution is 0.375. The molecule has 4 heteroatoms. The minimum atomic E-state index is 0.984. The van der Waals surface area contributed by atoms with Gasteiger partial charge in [-0.2, -0.15) is 0 Å². The molecule has 0 aliphatic carbocycles. The van der Waals surface area contributed by atoms with Crippen molar-refractivity contribution in [2.45, 2.75) is 0 Å². The highest BCUT2D eigenvalue weighted by atomic mass is 15.3. The molecule has 1 N–H and O–H groups in total. The molecule has 1 aromatic rings. The smallest absolute Gasteiger partial charge is 0.193 e. The molecule has 0 amide bonds. The van der Waals surface area contributed by atoms with E-state index in [4.69, 9.17) is 0 Å². The van der Waals surface area contributed by atoms with Crippen LogP contribution in [-0.2, 0) is 0 Å². The largest absolute Gasteiger partial charge is 0.368 e. The molecule has 1 aliphatic heterocycles. The van der Waals surface area contributed by atoms with E-state index in [1.54, 1.807) is 0 Å². The van der Waals surface area contributed by atoms with Crippen LogP contribution in [0.1, 0.15) is 0 Å². The van der Waals surface area contributed by atoms with Crippen molar-refractivity contribution in [2.24, 2.45) is 4.99 Å². The maximum Gasteiger partial charge on any atom is 0.193 e. The lowest BCUT2D eigenvalue weighted by Crippen LogP contribution is -2.51. The average Bonchev–Trinajstić information content (AvgIpc) is 2.42. The zero-order chi connectivity index (χ0) is 12.1. The first-order valence-electron chi connectivity index (χ1n) is 6.04. The molecular weight excluding hydrogens is 212 g/mol. The number of benzene rings is 1. The third-order valence-corrected chi connectivity index (χ3v) is 3.14.